The quantitative estimate of drug-likeness (QED) is 0.676. The number of benzene rings is 2. The predicted octanol–water partition coefficient (Wildman–Crippen LogP) is 4.88. The molecule has 2 aliphatic rings. The van der Waals surface area contributed by atoms with Crippen LogP contribution in [0.15, 0.2) is 78.7 Å². The van der Waals surface area contributed by atoms with E-state index >= 15 is 0 Å². The zero-order valence-electron chi connectivity index (χ0n) is 17.9. The molecule has 3 atom stereocenters. The number of allylic oxidation sites excluding steroid dienone is 1. The Hall–Kier alpha value is -2.76. The maximum absolute atomic E-state index is 13.6. The van der Waals surface area contributed by atoms with Crippen molar-refractivity contribution in [3.8, 4) is 0 Å². The number of sulfonamides is 1. The highest BCUT2D eigenvalue weighted by molar-refractivity contribution is 7.89. The second-order valence-corrected chi connectivity index (χ2v) is 10.5. The van der Waals surface area contributed by atoms with Gasteiger partial charge in [-0.2, -0.15) is 4.31 Å². The van der Waals surface area contributed by atoms with E-state index in [-0.39, 0.29) is 29.1 Å². The van der Waals surface area contributed by atoms with Crippen molar-refractivity contribution in [2.75, 3.05) is 6.54 Å². The van der Waals surface area contributed by atoms with Crippen molar-refractivity contribution in [1.82, 2.24) is 4.31 Å². The van der Waals surface area contributed by atoms with Gasteiger partial charge in [0, 0.05) is 18.9 Å². The maximum atomic E-state index is 13.6. The summed E-state index contributed by atoms with van der Waals surface area (Å²) in [6, 6.07) is 14.8. The van der Waals surface area contributed by atoms with Crippen molar-refractivity contribution in [1.29, 1.82) is 0 Å². The monoisotopic (exact) mass is 433 g/mol. The Balaban J connectivity index is 1.76. The fourth-order valence-corrected chi connectivity index (χ4v) is 6.60. The van der Waals surface area contributed by atoms with Crippen LogP contribution < -0.4 is 0 Å². The molecule has 0 spiro atoms. The van der Waals surface area contributed by atoms with E-state index < -0.39 is 15.6 Å². The number of carbonyl (C=O) groups excluding carboxylic acids is 1. The van der Waals surface area contributed by atoms with Gasteiger partial charge in [0.1, 0.15) is 0 Å². The summed E-state index contributed by atoms with van der Waals surface area (Å²) in [4.78, 5) is 12.6. The third-order valence-electron chi connectivity index (χ3n) is 6.74. The maximum Gasteiger partial charge on any atom is 0.243 e. The first-order chi connectivity index (χ1) is 14.7. The molecule has 2 aromatic rings. The Morgan fingerprint density at radius 1 is 1.13 bits per heavy atom. The molecular weight excluding hydrogens is 406 g/mol. The van der Waals surface area contributed by atoms with Gasteiger partial charge in [-0.1, -0.05) is 67.3 Å². The Morgan fingerprint density at radius 2 is 1.77 bits per heavy atom. The average Bonchev–Trinajstić information content (AvgIpc) is 3.07. The molecule has 0 unspecified atom stereocenters. The van der Waals surface area contributed by atoms with E-state index in [0.717, 1.165) is 22.3 Å². The standard InChI is InChI=1S/C26H27NO3S/c1-5-20-8-10-21(11-9-20)19(3)24-17-27(26(4)15-14-22(28)16-25(24)26)31(29,30)23-12-6-18(2)7-13-23/h5-15,24-25H,1,3,16-17H2,2,4H3/t24-,25+,26+/m0/s1. The summed E-state index contributed by atoms with van der Waals surface area (Å²) in [6.45, 7) is 12.2. The van der Waals surface area contributed by atoms with E-state index in [9.17, 15) is 13.2 Å². The average molecular weight is 434 g/mol. The molecule has 160 valence electrons. The van der Waals surface area contributed by atoms with E-state index in [1.165, 1.54) is 6.08 Å². The number of hydrogen-bond acceptors (Lipinski definition) is 3. The van der Waals surface area contributed by atoms with Gasteiger partial charge in [-0.3, -0.25) is 4.79 Å². The first-order valence-corrected chi connectivity index (χ1v) is 11.8. The van der Waals surface area contributed by atoms with Gasteiger partial charge in [0.25, 0.3) is 0 Å². The van der Waals surface area contributed by atoms with Crippen LogP contribution in [0.4, 0.5) is 0 Å². The van der Waals surface area contributed by atoms with Gasteiger partial charge in [0.2, 0.25) is 10.0 Å². The molecule has 1 aliphatic carbocycles. The van der Waals surface area contributed by atoms with E-state index in [0.29, 0.717) is 6.42 Å². The number of nitrogens with zero attached hydrogens (tertiary/aromatic N) is 1. The van der Waals surface area contributed by atoms with Gasteiger partial charge in [0.05, 0.1) is 10.4 Å². The van der Waals surface area contributed by atoms with E-state index in [1.807, 2.05) is 38.1 Å². The molecule has 2 aromatic carbocycles. The molecule has 1 fully saturated rings. The van der Waals surface area contributed by atoms with Gasteiger partial charge in [0.15, 0.2) is 5.78 Å². The van der Waals surface area contributed by atoms with Crippen LogP contribution in [0.5, 0.6) is 0 Å². The number of ketones is 1. The fourth-order valence-electron chi connectivity index (χ4n) is 4.79. The molecule has 4 nitrogen and oxygen atoms in total. The topological polar surface area (TPSA) is 54.5 Å². The fraction of sp³-hybridized carbons (Fsp3) is 0.269. The third-order valence-corrected chi connectivity index (χ3v) is 8.73. The summed E-state index contributed by atoms with van der Waals surface area (Å²) < 4.78 is 28.8. The number of carbonyl (C=O) groups is 1. The second-order valence-electron chi connectivity index (χ2n) is 8.64. The summed E-state index contributed by atoms with van der Waals surface area (Å²) in [5.74, 6) is -0.303. The number of aryl methyl sites for hydroxylation is 1. The molecule has 0 saturated carbocycles. The highest BCUT2D eigenvalue weighted by Gasteiger charge is 2.56. The van der Waals surface area contributed by atoms with Crippen LogP contribution in [0.25, 0.3) is 11.6 Å². The molecule has 31 heavy (non-hydrogen) atoms. The van der Waals surface area contributed by atoms with E-state index in [2.05, 4.69) is 13.2 Å². The van der Waals surface area contributed by atoms with Gasteiger partial charge >= 0.3 is 0 Å². The first kappa shape index (κ1) is 21.5. The molecule has 1 heterocycles. The molecule has 0 radical (unpaired) electrons. The summed E-state index contributed by atoms with van der Waals surface area (Å²) in [5.41, 5.74) is 3.03. The van der Waals surface area contributed by atoms with Crippen molar-refractivity contribution in [3.05, 3.63) is 90.5 Å². The zero-order chi connectivity index (χ0) is 22.4. The van der Waals surface area contributed by atoms with Crippen molar-refractivity contribution in [2.24, 2.45) is 11.8 Å². The van der Waals surface area contributed by atoms with Gasteiger partial charge in [-0.25, -0.2) is 8.42 Å². The lowest BCUT2D eigenvalue weighted by Crippen LogP contribution is -2.48. The summed E-state index contributed by atoms with van der Waals surface area (Å²) in [5, 5.41) is 0. The minimum atomic E-state index is -3.74. The van der Waals surface area contributed by atoms with E-state index in [4.69, 9.17) is 0 Å². The third kappa shape index (κ3) is 3.62. The minimum Gasteiger partial charge on any atom is -0.295 e. The lowest BCUT2D eigenvalue weighted by atomic mass is 9.72. The minimum absolute atomic E-state index is 0.0249. The Labute approximate surface area is 184 Å². The SMILES string of the molecule is C=Cc1ccc(C(=C)[C@@H]2CN(S(=O)(=O)c3ccc(C)cc3)[C@]3(C)C=CC(=O)C[C@H]23)cc1. The summed E-state index contributed by atoms with van der Waals surface area (Å²) in [7, 11) is -3.74. The Kier molecular flexibility index (Phi) is 5.36. The predicted molar refractivity (Wildman–Crippen MR) is 125 cm³/mol. The molecule has 1 saturated heterocycles. The lowest BCUT2D eigenvalue weighted by molar-refractivity contribution is -0.116. The number of hydrogen-bond donors (Lipinski definition) is 0. The molecule has 1 aliphatic heterocycles. The second kappa shape index (κ2) is 7.74. The number of rotatable bonds is 5. The molecule has 0 bridgehead atoms. The lowest BCUT2D eigenvalue weighted by Gasteiger charge is -2.38. The highest BCUT2D eigenvalue weighted by Crippen LogP contribution is 2.50. The van der Waals surface area contributed by atoms with Crippen LogP contribution >= 0.6 is 0 Å². The normalized spacial score (nSPS) is 25.9. The van der Waals surface area contributed by atoms with Crippen molar-refractivity contribution in [3.63, 3.8) is 0 Å². The van der Waals surface area contributed by atoms with Crippen LogP contribution in [-0.2, 0) is 14.8 Å². The van der Waals surface area contributed by atoms with Crippen molar-refractivity contribution in [2.45, 2.75) is 30.7 Å². The highest BCUT2D eigenvalue weighted by atomic mass is 32.2. The molecule has 0 amide bonds. The molecular formula is C26H27NO3S. The van der Waals surface area contributed by atoms with Crippen LogP contribution in [-0.4, -0.2) is 30.6 Å². The van der Waals surface area contributed by atoms with Crippen LogP contribution in [0.1, 0.15) is 30.0 Å². The van der Waals surface area contributed by atoms with Crippen molar-refractivity contribution < 1.29 is 13.2 Å². The summed E-state index contributed by atoms with van der Waals surface area (Å²) >= 11 is 0. The van der Waals surface area contributed by atoms with Crippen LogP contribution in [0, 0.1) is 18.8 Å². The van der Waals surface area contributed by atoms with E-state index in [1.54, 1.807) is 40.7 Å². The number of fused-ring (bicyclic) bond motifs is 1. The van der Waals surface area contributed by atoms with Crippen LogP contribution in [0.3, 0.4) is 0 Å². The molecule has 5 heteroatoms. The molecule has 0 aromatic heterocycles. The molecule has 0 N–H and O–H groups in total. The first-order valence-electron chi connectivity index (χ1n) is 10.4. The smallest absolute Gasteiger partial charge is 0.243 e. The molecule has 4 rings (SSSR count). The van der Waals surface area contributed by atoms with Crippen LogP contribution in [0.2, 0.25) is 0 Å². The van der Waals surface area contributed by atoms with Gasteiger partial charge in [-0.05, 0) is 54.7 Å². The van der Waals surface area contributed by atoms with Gasteiger partial charge < -0.3 is 0 Å². The summed E-state index contributed by atoms with van der Waals surface area (Å²) in [6.07, 6.45) is 5.38. The van der Waals surface area contributed by atoms with Gasteiger partial charge in [-0.15, -0.1) is 0 Å². The Morgan fingerprint density at radius 3 is 2.39 bits per heavy atom. The Bertz CT molecular complexity index is 1180. The van der Waals surface area contributed by atoms with Crippen molar-refractivity contribution >= 4 is 27.5 Å². The zero-order valence-corrected chi connectivity index (χ0v) is 18.7. The largest absolute Gasteiger partial charge is 0.295 e.